The molecule has 2 rings (SSSR count). The van der Waals surface area contributed by atoms with Crippen molar-refractivity contribution in [3.8, 4) is 5.75 Å². The summed E-state index contributed by atoms with van der Waals surface area (Å²) in [5.74, 6) is 0.687. The number of hydrogen-bond acceptors (Lipinski definition) is 5. The molecule has 5 nitrogen and oxygen atoms in total. The number of rotatable bonds is 7. The van der Waals surface area contributed by atoms with Crippen LogP contribution in [-0.2, 0) is 9.47 Å². The van der Waals surface area contributed by atoms with Gasteiger partial charge in [0.2, 0.25) is 0 Å². The first-order valence-electron chi connectivity index (χ1n) is 7.69. The highest BCUT2D eigenvalue weighted by Crippen LogP contribution is 2.38. The fourth-order valence-corrected chi connectivity index (χ4v) is 2.69. The SMILES string of the molecule is CCCOc1cncc(C(O)C2(OCC)CCOCC2)c1. The van der Waals surface area contributed by atoms with Crippen LogP contribution in [0.5, 0.6) is 5.75 Å². The Morgan fingerprint density at radius 2 is 2.10 bits per heavy atom. The zero-order chi connectivity index (χ0) is 15.1. The van der Waals surface area contributed by atoms with Crippen molar-refractivity contribution in [2.24, 2.45) is 0 Å². The van der Waals surface area contributed by atoms with Gasteiger partial charge in [-0.25, -0.2) is 0 Å². The molecule has 1 aliphatic heterocycles. The largest absolute Gasteiger partial charge is 0.492 e. The molecule has 21 heavy (non-hydrogen) atoms. The molecule has 1 fully saturated rings. The van der Waals surface area contributed by atoms with Gasteiger partial charge in [-0.2, -0.15) is 0 Å². The van der Waals surface area contributed by atoms with Crippen LogP contribution in [0.2, 0.25) is 0 Å². The molecule has 1 aromatic heterocycles. The molecule has 0 radical (unpaired) electrons. The Labute approximate surface area is 126 Å². The summed E-state index contributed by atoms with van der Waals surface area (Å²) in [4.78, 5) is 4.17. The van der Waals surface area contributed by atoms with Crippen LogP contribution in [0.3, 0.4) is 0 Å². The van der Waals surface area contributed by atoms with Gasteiger partial charge in [0, 0.05) is 44.4 Å². The molecule has 5 heteroatoms. The van der Waals surface area contributed by atoms with Gasteiger partial charge >= 0.3 is 0 Å². The lowest BCUT2D eigenvalue weighted by atomic mass is 9.84. The zero-order valence-electron chi connectivity index (χ0n) is 12.9. The molecule has 1 atom stereocenters. The minimum atomic E-state index is -0.723. The summed E-state index contributed by atoms with van der Waals surface area (Å²) in [5.41, 5.74) is 0.150. The van der Waals surface area contributed by atoms with Crippen molar-refractivity contribution in [2.75, 3.05) is 26.4 Å². The van der Waals surface area contributed by atoms with E-state index < -0.39 is 11.7 Å². The van der Waals surface area contributed by atoms with Gasteiger partial charge in [0.25, 0.3) is 0 Å². The number of nitrogens with zero attached hydrogens (tertiary/aromatic N) is 1. The Morgan fingerprint density at radius 3 is 2.76 bits per heavy atom. The molecule has 2 heterocycles. The zero-order valence-corrected chi connectivity index (χ0v) is 12.9. The molecule has 0 aromatic carbocycles. The highest BCUT2D eigenvalue weighted by molar-refractivity contribution is 5.27. The van der Waals surface area contributed by atoms with E-state index in [1.807, 2.05) is 13.0 Å². The summed E-state index contributed by atoms with van der Waals surface area (Å²) < 4.78 is 16.9. The summed E-state index contributed by atoms with van der Waals surface area (Å²) >= 11 is 0. The van der Waals surface area contributed by atoms with E-state index in [9.17, 15) is 5.11 Å². The second-order valence-electron chi connectivity index (χ2n) is 5.32. The first kappa shape index (κ1) is 16.2. The Kier molecular flexibility index (Phi) is 5.96. The van der Waals surface area contributed by atoms with Crippen LogP contribution in [0.15, 0.2) is 18.5 Å². The van der Waals surface area contributed by atoms with Gasteiger partial charge in [-0.15, -0.1) is 0 Å². The van der Waals surface area contributed by atoms with E-state index in [0.29, 0.717) is 45.0 Å². The molecule has 118 valence electrons. The number of aromatic nitrogens is 1. The van der Waals surface area contributed by atoms with Crippen LogP contribution < -0.4 is 4.74 Å². The van der Waals surface area contributed by atoms with E-state index in [1.54, 1.807) is 12.4 Å². The molecule has 0 spiro atoms. The molecule has 1 aromatic rings. The number of hydrogen-bond donors (Lipinski definition) is 1. The first-order chi connectivity index (χ1) is 10.2. The number of aliphatic hydroxyl groups is 1. The van der Waals surface area contributed by atoms with Crippen molar-refractivity contribution in [1.29, 1.82) is 0 Å². The molecular weight excluding hydrogens is 270 g/mol. The fraction of sp³-hybridized carbons (Fsp3) is 0.688. The lowest BCUT2D eigenvalue weighted by molar-refractivity contribution is -0.168. The van der Waals surface area contributed by atoms with Gasteiger partial charge in [0.1, 0.15) is 17.5 Å². The van der Waals surface area contributed by atoms with Crippen molar-refractivity contribution in [1.82, 2.24) is 4.98 Å². The summed E-state index contributed by atoms with van der Waals surface area (Å²) in [6.45, 7) is 6.43. The van der Waals surface area contributed by atoms with Crippen molar-refractivity contribution >= 4 is 0 Å². The monoisotopic (exact) mass is 295 g/mol. The third-order valence-corrected chi connectivity index (χ3v) is 3.79. The van der Waals surface area contributed by atoms with E-state index in [4.69, 9.17) is 14.2 Å². The highest BCUT2D eigenvalue weighted by atomic mass is 16.5. The topological polar surface area (TPSA) is 60.8 Å². The standard InChI is InChI=1S/C16H25NO4/c1-3-7-20-14-10-13(11-17-12-14)15(18)16(21-4-2)5-8-19-9-6-16/h10-12,15,18H,3-9H2,1-2H3. The van der Waals surface area contributed by atoms with E-state index in [-0.39, 0.29) is 0 Å². The van der Waals surface area contributed by atoms with Gasteiger partial charge < -0.3 is 19.3 Å². The summed E-state index contributed by atoms with van der Waals surface area (Å²) in [6, 6.07) is 1.85. The molecule has 1 unspecified atom stereocenters. The average Bonchev–Trinajstić information content (AvgIpc) is 2.53. The Bertz CT molecular complexity index is 427. The molecule has 0 bridgehead atoms. The summed E-state index contributed by atoms with van der Waals surface area (Å²) in [5, 5.41) is 10.8. The highest BCUT2D eigenvalue weighted by Gasteiger charge is 2.41. The van der Waals surface area contributed by atoms with Crippen molar-refractivity contribution in [3.63, 3.8) is 0 Å². The minimum Gasteiger partial charge on any atom is -0.492 e. The maximum Gasteiger partial charge on any atom is 0.137 e. The first-order valence-corrected chi connectivity index (χ1v) is 7.69. The van der Waals surface area contributed by atoms with Gasteiger partial charge in [-0.1, -0.05) is 6.92 Å². The molecule has 1 aliphatic rings. The van der Waals surface area contributed by atoms with Crippen LogP contribution >= 0.6 is 0 Å². The Hall–Kier alpha value is -1.17. The third kappa shape index (κ3) is 3.93. The third-order valence-electron chi connectivity index (χ3n) is 3.79. The quantitative estimate of drug-likeness (QED) is 0.837. The second-order valence-corrected chi connectivity index (χ2v) is 5.32. The predicted octanol–water partition coefficient (Wildman–Crippen LogP) is 2.49. The van der Waals surface area contributed by atoms with E-state index >= 15 is 0 Å². The van der Waals surface area contributed by atoms with Crippen LogP contribution in [0.25, 0.3) is 0 Å². The Morgan fingerprint density at radius 1 is 1.33 bits per heavy atom. The molecule has 1 N–H and O–H groups in total. The summed E-state index contributed by atoms with van der Waals surface area (Å²) in [6.07, 6.45) is 4.93. The molecular formula is C16H25NO4. The van der Waals surface area contributed by atoms with Gasteiger partial charge in [-0.3, -0.25) is 4.98 Å². The van der Waals surface area contributed by atoms with E-state index in [1.165, 1.54) is 0 Å². The van der Waals surface area contributed by atoms with Gasteiger partial charge in [-0.05, 0) is 19.4 Å². The molecule has 0 amide bonds. The smallest absolute Gasteiger partial charge is 0.137 e. The second kappa shape index (κ2) is 7.73. The van der Waals surface area contributed by atoms with Crippen molar-refractivity contribution in [2.45, 2.75) is 44.8 Å². The van der Waals surface area contributed by atoms with Crippen LogP contribution in [-0.4, -0.2) is 42.1 Å². The number of ether oxygens (including phenoxy) is 3. The van der Waals surface area contributed by atoms with Crippen LogP contribution in [0, 0.1) is 0 Å². The number of pyridine rings is 1. The van der Waals surface area contributed by atoms with Gasteiger partial charge in [0.05, 0.1) is 12.8 Å². The van der Waals surface area contributed by atoms with E-state index in [2.05, 4.69) is 11.9 Å². The molecule has 0 saturated carbocycles. The van der Waals surface area contributed by atoms with Crippen molar-refractivity contribution in [3.05, 3.63) is 24.0 Å². The van der Waals surface area contributed by atoms with E-state index in [0.717, 1.165) is 12.0 Å². The lowest BCUT2D eigenvalue weighted by Gasteiger charge is -2.40. The maximum absolute atomic E-state index is 10.8. The summed E-state index contributed by atoms with van der Waals surface area (Å²) in [7, 11) is 0. The van der Waals surface area contributed by atoms with Gasteiger partial charge in [0.15, 0.2) is 0 Å². The average molecular weight is 295 g/mol. The number of aliphatic hydroxyl groups excluding tert-OH is 1. The van der Waals surface area contributed by atoms with Crippen molar-refractivity contribution < 1.29 is 19.3 Å². The predicted molar refractivity (Wildman–Crippen MR) is 79.4 cm³/mol. The molecule has 1 saturated heterocycles. The lowest BCUT2D eigenvalue weighted by Crippen LogP contribution is -2.44. The minimum absolute atomic E-state index is 0.566. The van der Waals surface area contributed by atoms with Crippen LogP contribution in [0.4, 0.5) is 0 Å². The fourth-order valence-electron chi connectivity index (χ4n) is 2.69. The Balaban J connectivity index is 2.17. The molecule has 0 aliphatic carbocycles. The normalized spacial score (nSPS) is 19.2. The van der Waals surface area contributed by atoms with Crippen LogP contribution in [0.1, 0.15) is 44.8 Å². The maximum atomic E-state index is 10.8.